The van der Waals surface area contributed by atoms with Gasteiger partial charge in [-0.15, -0.1) is 23.1 Å². The van der Waals surface area contributed by atoms with Crippen LogP contribution in [-0.2, 0) is 0 Å². The highest BCUT2D eigenvalue weighted by atomic mass is 32.2. The molecule has 0 radical (unpaired) electrons. The summed E-state index contributed by atoms with van der Waals surface area (Å²) < 4.78 is 1.18. The predicted molar refractivity (Wildman–Crippen MR) is 74.4 cm³/mol. The molecule has 1 unspecified atom stereocenters. The van der Waals surface area contributed by atoms with Crippen molar-refractivity contribution in [3.8, 4) is 0 Å². The Kier molecular flexibility index (Phi) is 3.40. The fourth-order valence-electron chi connectivity index (χ4n) is 1.49. The van der Waals surface area contributed by atoms with Gasteiger partial charge in [0.2, 0.25) is 0 Å². The van der Waals surface area contributed by atoms with Crippen LogP contribution >= 0.6 is 23.1 Å². The molecule has 2 nitrogen and oxygen atoms in total. The van der Waals surface area contributed by atoms with Crippen molar-refractivity contribution < 1.29 is 0 Å². The minimum atomic E-state index is 0.597. The zero-order chi connectivity index (χ0) is 11.7. The van der Waals surface area contributed by atoms with Gasteiger partial charge in [-0.05, 0) is 25.5 Å². The highest BCUT2D eigenvalue weighted by Crippen LogP contribution is 2.34. The lowest BCUT2D eigenvalue weighted by Gasteiger charge is -2.10. The average molecular weight is 252 g/mol. The van der Waals surface area contributed by atoms with Gasteiger partial charge < -0.3 is 5.73 Å². The molecule has 16 heavy (non-hydrogen) atoms. The van der Waals surface area contributed by atoms with Crippen molar-refractivity contribution in [3.05, 3.63) is 17.1 Å². The van der Waals surface area contributed by atoms with E-state index in [-0.39, 0.29) is 0 Å². The van der Waals surface area contributed by atoms with Crippen molar-refractivity contribution in [2.24, 2.45) is 0 Å². The van der Waals surface area contributed by atoms with Gasteiger partial charge in [0, 0.05) is 15.8 Å². The molecule has 0 saturated heterocycles. The average Bonchev–Trinajstić information content (AvgIpc) is 2.58. The number of aromatic nitrogens is 1. The number of nitrogens with zero attached hydrogens (tertiary/aromatic N) is 1. The molecule has 1 aromatic heterocycles. The molecular weight excluding hydrogens is 236 g/mol. The maximum absolute atomic E-state index is 6.06. The molecule has 0 aliphatic heterocycles. The lowest BCUT2D eigenvalue weighted by atomic mass is 10.3. The second-order valence-corrected chi connectivity index (χ2v) is 6.64. The standard InChI is InChI=1S/C12H16N2S2/c1-4-7(2)15-11-6-10-12(5-9(11)13)16-8(3)14-10/h5-7H,4,13H2,1-3H3. The normalized spacial score (nSPS) is 13.2. The SMILES string of the molecule is CCC(C)Sc1cc2nc(C)sc2cc1N. The first-order valence-corrected chi connectivity index (χ1v) is 7.13. The number of aryl methyl sites for hydroxylation is 1. The molecule has 0 aliphatic rings. The fraction of sp³-hybridized carbons (Fsp3) is 0.417. The van der Waals surface area contributed by atoms with Gasteiger partial charge in [-0.1, -0.05) is 13.8 Å². The van der Waals surface area contributed by atoms with Gasteiger partial charge in [0.1, 0.15) is 0 Å². The largest absolute Gasteiger partial charge is 0.398 e. The van der Waals surface area contributed by atoms with Gasteiger partial charge in [0.25, 0.3) is 0 Å². The van der Waals surface area contributed by atoms with Crippen LogP contribution < -0.4 is 5.73 Å². The lowest BCUT2D eigenvalue weighted by Crippen LogP contribution is -1.95. The molecule has 1 aromatic carbocycles. The van der Waals surface area contributed by atoms with E-state index in [2.05, 4.69) is 24.9 Å². The summed E-state index contributed by atoms with van der Waals surface area (Å²) in [5.74, 6) is 0. The van der Waals surface area contributed by atoms with Crippen LogP contribution in [0.5, 0.6) is 0 Å². The predicted octanol–water partition coefficient (Wildman–Crippen LogP) is 4.08. The number of anilines is 1. The number of fused-ring (bicyclic) bond motifs is 1. The first-order valence-electron chi connectivity index (χ1n) is 5.43. The molecular formula is C12H16N2S2. The van der Waals surface area contributed by atoms with E-state index in [9.17, 15) is 0 Å². The number of thiazole rings is 1. The Morgan fingerprint density at radius 1 is 1.50 bits per heavy atom. The third-order valence-corrected chi connectivity index (χ3v) is 4.81. The highest BCUT2D eigenvalue weighted by Gasteiger charge is 2.09. The van der Waals surface area contributed by atoms with Crippen LogP contribution in [0.1, 0.15) is 25.3 Å². The van der Waals surface area contributed by atoms with E-state index in [0.717, 1.165) is 27.5 Å². The topological polar surface area (TPSA) is 38.9 Å². The second kappa shape index (κ2) is 4.63. The Labute approximate surface area is 104 Å². The van der Waals surface area contributed by atoms with Crippen molar-refractivity contribution in [2.45, 2.75) is 37.3 Å². The molecule has 2 aromatic rings. The molecule has 2 N–H and O–H groups in total. The van der Waals surface area contributed by atoms with E-state index in [0.29, 0.717) is 5.25 Å². The van der Waals surface area contributed by atoms with Crippen LogP contribution in [0, 0.1) is 6.92 Å². The Bertz CT molecular complexity index is 505. The summed E-state index contributed by atoms with van der Waals surface area (Å²) in [6.45, 7) is 6.45. The summed E-state index contributed by atoms with van der Waals surface area (Å²) in [7, 11) is 0. The van der Waals surface area contributed by atoms with Crippen LogP contribution in [-0.4, -0.2) is 10.2 Å². The van der Waals surface area contributed by atoms with Gasteiger partial charge in [-0.2, -0.15) is 0 Å². The number of thioether (sulfide) groups is 1. The van der Waals surface area contributed by atoms with Gasteiger partial charge in [0.15, 0.2) is 0 Å². The van der Waals surface area contributed by atoms with Crippen molar-refractivity contribution in [2.75, 3.05) is 5.73 Å². The van der Waals surface area contributed by atoms with Gasteiger partial charge in [0.05, 0.1) is 15.2 Å². The van der Waals surface area contributed by atoms with Crippen molar-refractivity contribution in [3.63, 3.8) is 0 Å². The molecule has 0 amide bonds. The highest BCUT2D eigenvalue weighted by molar-refractivity contribution is 8.00. The van der Waals surface area contributed by atoms with E-state index in [1.54, 1.807) is 11.3 Å². The Morgan fingerprint density at radius 3 is 2.94 bits per heavy atom. The Morgan fingerprint density at radius 2 is 2.25 bits per heavy atom. The van der Waals surface area contributed by atoms with Crippen LogP contribution in [0.15, 0.2) is 17.0 Å². The van der Waals surface area contributed by atoms with E-state index >= 15 is 0 Å². The molecule has 86 valence electrons. The van der Waals surface area contributed by atoms with Crippen LogP contribution in [0.3, 0.4) is 0 Å². The first kappa shape index (κ1) is 11.7. The van der Waals surface area contributed by atoms with Crippen LogP contribution in [0.4, 0.5) is 5.69 Å². The van der Waals surface area contributed by atoms with Gasteiger partial charge in [-0.25, -0.2) is 4.98 Å². The quantitative estimate of drug-likeness (QED) is 0.661. The molecule has 1 heterocycles. The number of rotatable bonds is 3. The van der Waals surface area contributed by atoms with Crippen molar-refractivity contribution >= 4 is 39.0 Å². The molecule has 0 bridgehead atoms. The van der Waals surface area contributed by atoms with Crippen molar-refractivity contribution in [1.29, 1.82) is 0 Å². The summed E-state index contributed by atoms with van der Waals surface area (Å²) in [6, 6.07) is 4.16. The maximum Gasteiger partial charge on any atom is 0.0907 e. The number of nitrogen functional groups attached to an aromatic ring is 1. The third kappa shape index (κ3) is 2.33. The zero-order valence-electron chi connectivity index (χ0n) is 9.78. The summed E-state index contributed by atoms with van der Waals surface area (Å²) in [4.78, 5) is 5.66. The maximum atomic E-state index is 6.06. The molecule has 2 rings (SSSR count). The van der Waals surface area contributed by atoms with E-state index in [4.69, 9.17) is 5.73 Å². The minimum absolute atomic E-state index is 0.597. The van der Waals surface area contributed by atoms with E-state index in [1.165, 1.54) is 4.70 Å². The van der Waals surface area contributed by atoms with E-state index < -0.39 is 0 Å². The number of hydrogen-bond donors (Lipinski definition) is 1. The fourth-order valence-corrected chi connectivity index (χ4v) is 3.32. The van der Waals surface area contributed by atoms with Gasteiger partial charge >= 0.3 is 0 Å². The Balaban J connectivity index is 2.41. The van der Waals surface area contributed by atoms with Crippen LogP contribution in [0.2, 0.25) is 0 Å². The monoisotopic (exact) mass is 252 g/mol. The summed E-state index contributed by atoms with van der Waals surface area (Å²) in [6.07, 6.45) is 1.15. The van der Waals surface area contributed by atoms with Crippen LogP contribution in [0.25, 0.3) is 10.2 Å². The second-order valence-electron chi connectivity index (χ2n) is 3.93. The summed E-state index contributed by atoms with van der Waals surface area (Å²) in [5, 5.41) is 1.69. The summed E-state index contributed by atoms with van der Waals surface area (Å²) >= 11 is 3.53. The number of hydrogen-bond acceptors (Lipinski definition) is 4. The molecule has 0 saturated carbocycles. The molecule has 0 fully saturated rings. The van der Waals surface area contributed by atoms with Gasteiger partial charge in [-0.3, -0.25) is 0 Å². The minimum Gasteiger partial charge on any atom is -0.398 e. The number of benzene rings is 1. The molecule has 1 atom stereocenters. The molecule has 0 aliphatic carbocycles. The summed E-state index contributed by atoms with van der Waals surface area (Å²) in [5.41, 5.74) is 8.01. The number of nitrogens with two attached hydrogens (primary N) is 1. The van der Waals surface area contributed by atoms with E-state index in [1.807, 2.05) is 24.8 Å². The molecule has 4 heteroatoms. The smallest absolute Gasteiger partial charge is 0.0907 e. The third-order valence-electron chi connectivity index (χ3n) is 2.53. The zero-order valence-corrected chi connectivity index (χ0v) is 11.4. The molecule has 0 spiro atoms. The first-order chi connectivity index (χ1) is 7.60. The lowest BCUT2D eigenvalue weighted by molar-refractivity contribution is 0.906. The van der Waals surface area contributed by atoms with Crippen molar-refractivity contribution in [1.82, 2.24) is 4.98 Å². The Hall–Kier alpha value is -0.740.